The lowest BCUT2D eigenvalue weighted by molar-refractivity contribution is 0.281. The Hall–Kier alpha value is -0.980. The number of rotatable bonds is 5. The standard InChI is InChI=1S/C14H20FNO3S/c1-10-2-3-11(6-10)8-16-20(18,19)14-7-12(9-17)4-5-13(14)15/h4-5,7,10-11,16-17H,2-3,6,8-9H2,1H3. The molecule has 0 aliphatic heterocycles. The second-order valence-corrected chi connectivity index (χ2v) is 7.29. The van der Waals surface area contributed by atoms with Gasteiger partial charge in [-0.05, 0) is 42.4 Å². The lowest BCUT2D eigenvalue weighted by Crippen LogP contribution is -2.29. The Labute approximate surface area is 119 Å². The molecule has 0 spiro atoms. The van der Waals surface area contributed by atoms with Crippen molar-refractivity contribution in [2.45, 2.75) is 37.7 Å². The summed E-state index contributed by atoms with van der Waals surface area (Å²) in [6, 6.07) is 3.61. The van der Waals surface area contributed by atoms with Gasteiger partial charge in [-0.2, -0.15) is 0 Å². The van der Waals surface area contributed by atoms with Crippen molar-refractivity contribution >= 4 is 10.0 Å². The van der Waals surface area contributed by atoms with Crippen LogP contribution in [0.1, 0.15) is 31.7 Å². The molecule has 1 aliphatic carbocycles. The van der Waals surface area contributed by atoms with Crippen LogP contribution in [0.5, 0.6) is 0 Å². The summed E-state index contributed by atoms with van der Waals surface area (Å²) in [6.07, 6.45) is 3.12. The first-order valence-electron chi connectivity index (χ1n) is 6.81. The molecule has 1 fully saturated rings. The summed E-state index contributed by atoms with van der Waals surface area (Å²) in [7, 11) is -3.86. The van der Waals surface area contributed by atoms with Gasteiger partial charge in [-0.15, -0.1) is 0 Å². The third kappa shape index (κ3) is 3.56. The van der Waals surface area contributed by atoms with E-state index in [0.29, 0.717) is 23.9 Å². The first-order chi connectivity index (χ1) is 9.42. The topological polar surface area (TPSA) is 66.4 Å². The number of aliphatic hydroxyl groups is 1. The fourth-order valence-electron chi connectivity index (χ4n) is 2.67. The van der Waals surface area contributed by atoms with E-state index in [1.165, 1.54) is 12.1 Å². The molecule has 2 atom stereocenters. The average molecular weight is 301 g/mol. The van der Waals surface area contributed by atoms with Crippen LogP contribution in [-0.4, -0.2) is 20.1 Å². The van der Waals surface area contributed by atoms with Gasteiger partial charge < -0.3 is 5.11 Å². The van der Waals surface area contributed by atoms with Gasteiger partial charge in [0, 0.05) is 6.54 Å². The molecule has 112 valence electrons. The maximum Gasteiger partial charge on any atom is 0.243 e. The minimum absolute atomic E-state index is 0.317. The molecule has 2 N–H and O–H groups in total. The van der Waals surface area contributed by atoms with Crippen LogP contribution in [0.4, 0.5) is 4.39 Å². The van der Waals surface area contributed by atoms with Crippen molar-refractivity contribution in [3.8, 4) is 0 Å². The Kier molecular flexibility index (Phi) is 4.78. The molecule has 2 rings (SSSR count). The molecule has 2 unspecified atom stereocenters. The Morgan fingerprint density at radius 1 is 1.40 bits per heavy atom. The monoisotopic (exact) mass is 301 g/mol. The highest BCUT2D eigenvalue weighted by molar-refractivity contribution is 7.89. The van der Waals surface area contributed by atoms with Gasteiger partial charge in [0.15, 0.2) is 0 Å². The Morgan fingerprint density at radius 3 is 2.75 bits per heavy atom. The van der Waals surface area contributed by atoms with Crippen LogP contribution in [0.2, 0.25) is 0 Å². The molecule has 0 aromatic heterocycles. The Bertz CT molecular complexity index is 574. The number of halogens is 1. The lowest BCUT2D eigenvalue weighted by atomic mass is 10.1. The van der Waals surface area contributed by atoms with Gasteiger partial charge in [0.05, 0.1) is 6.61 Å². The molecule has 0 heterocycles. The molecule has 0 bridgehead atoms. The molecule has 1 saturated carbocycles. The third-order valence-corrected chi connectivity index (χ3v) is 5.27. The SMILES string of the molecule is CC1CCC(CNS(=O)(=O)c2cc(CO)ccc2F)C1. The highest BCUT2D eigenvalue weighted by atomic mass is 32.2. The van der Waals surface area contributed by atoms with Crippen LogP contribution in [-0.2, 0) is 16.6 Å². The van der Waals surface area contributed by atoms with Crippen molar-refractivity contribution in [1.29, 1.82) is 0 Å². The van der Waals surface area contributed by atoms with Crippen LogP contribution in [0.3, 0.4) is 0 Å². The second kappa shape index (κ2) is 6.20. The maximum absolute atomic E-state index is 13.7. The van der Waals surface area contributed by atoms with Crippen LogP contribution in [0.25, 0.3) is 0 Å². The molecule has 1 aliphatic rings. The van der Waals surface area contributed by atoms with Crippen molar-refractivity contribution in [2.75, 3.05) is 6.54 Å². The van der Waals surface area contributed by atoms with Crippen LogP contribution in [0.15, 0.2) is 23.1 Å². The maximum atomic E-state index is 13.7. The number of hydrogen-bond donors (Lipinski definition) is 2. The minimum Gasteiger partial charge on any atom is -0.392 e. The summed E-state index contributed by atoms with van der Waals surface area (Å²) in [5.41, 5.74) is 0.376. The summed E-state index contributed by atoms with van der Waals surface area (Å²) in [4.78, 5) is -0.393. The zero-order valence-corrected chi connectivity index (χ0v) is 12.3. The van der Waals surface area contributed by atoms with Gasteiger partial charge >= 0.3 is 0 Å². The Morgan fingerprint density at radius 2 is 2.15 bits per heavy atom. The molecule has 0 amide bonds. The molecule has 20 heavy (non-hydrogen) atoms. The molecule has 0 radical (unpaired) electrons. The second-order valence-electron chi connectivity index (χ2n) is 5.56. The average Bonchev–Trinajstić information content (AvgIpc) is 2.83. The number of nitrogens with one attached hydrogen (secondary N) is 1. The van der Waals surface area contributed by atoms with E-state index in [0.717, 1.165) is 25.3 Å². The summed E-state index contributed by atoms with van der Waals surface area (Å²) in [5, 5.41) is 9.01. The van der Waals surface area contributed by atoms with Crippen molar-refractivity contribution in [3.63, 3.8) is 0 Å². The van der Waals surface area contributed by atoms with E-state index in [1.807, 2.05) is 0 Å². The van der Waals surface area contributed by atoms with E-state index in [2.05, 4.69) is 11.6 Å². The van der Waals surface area contributed by atoms with Crippen molar-refractivity contribution in [3.05, 3.63) is 29.6 Å². The van der Waals surface area contributed by atoms with E-state index in [4.69, 9.17) is 5.11 Å². The van der Waals surface area contributed by atoms with Crippen molar-refractivity contribution in [2.24, 2.45) is 11.8 Å². The molecule has 4 nitrogen and oxygen atoms in total. The summed E-state index contributed by atoms with van der Waals surface area (Å²) >= 11 is 0. The minimum atomic E-state index is -3.86. The van der Waals surface area contributed by atoms with Crippen LogP contribution >= 0.6 is 0 Å². The molecule has 1 aromatic carbocycles. The fraction of sp³-hybridized carbons (Fsp3) is 0.571. The van der Waals surface area contributed by atoms with E-state index >= 15 is 0 Å². The third-order valence-electron chi connectivity index (χ3n) is 3.83. The van der Waals surface area contributed by atoms with Gasteiger partial charge in [0.25, 0.3) is 0 Å². The summed E-state index contributed by atoms with van der Waals surface area (Å²) in [6.45, 7) is 2.18. The first-order valence-corrected chi connectivity index (χ1v) is 8.29. The summed E-state index contributed by atoms with van der Waals surface area (Å²) in [5.74, 6) is 0.150. The number of aliphatic hydroxyl groups excluding tert-OH is 1. The molecule has 1 aromatic rings. The molecule has 6 heteroatoms. The van der Waals surface area contributed by atoms with E-state index in [-0.39, 0.29) is 6.61 Å². The van der Waals surface area contributed by atoms with Crippen molar-refractivity contribution in [1.82, 2.24) is 4.72 Å². The van der Waals surface area contributed by atoms with Crippen molar-refractivity contribution < 1.29 is 17.9 Å². The zero-order valence-electron chi connectivity index (χ0n) is 11.5. The predicted molar refractivity (Wildman–Crippen MR) is 74.0 cm³/mol. The number of sulfonamides is 1. The van der Waals surface area contributed by atoms with Gasteiger partial charge in [0.2, 0.25) is 10.0 Å². The number of hydrogen-bond acceptors (Lipinski definition) is 3. The first kappa shape index (κ1) is 15.4. The van der Waals surface area contributed by atoms with Gasteiger partial charge in [-0.3, -0.25) is 0 Å². The largest absolute Gasteiger partial charge is 0.392 e. The highest BCUT2D eigenvalue weighted by Crippen LogP contribution is 2.30. The van der Waals surface area contributed by atoms with Gasteiger partial charge in [-0.1, -0.05) is 19.4 Å². The highest BCUT2D eigenvalue weighted by Gasteiger charge is 2.25. The lowest BCUT2D eigenvalue weighted by Gasteiger charge is -2.12. The van der Waals surface area contributed by atoms with E-state index < -0.39 is 20.7 Å². The zero-order chi connectivity index (χ0) is 14.8. The quantitative estimate of drug-likeness (QED) is 0.874. The van der Waals surface area contributed by atoms with E-state index in [1.54, 1.807) is 0 Å². The van der Waals surface area contributed by atoms with Crippen LogP contribution < -0.4 is 4.72 Å². The summed E-state index contributed by atoms with van der Waals surface area (Å²) < 4.78 is 40.4. The fourth-order valence-corrected chi connectivity index (χ4v) is 3.91. The number of benzene rings is 1. The van der Waals surface area contributed by atoms with Gasteiger partial charge in [-0.25, -0.2) is 17.5 Å². The normalized spacial score (nSPS) is 23.1. The van der Waals surface area contributed by atoms with Gasteiger partial charge in [0.1, 0.15) is 10.7 Å². The Balaban J connectivity index is 2.10. The molecular weight excluding hydrogens is 281 g/mol. The molecular formula is C14H20FNO3S. The smallest absolute Gasteiger partial charge is 0.243 e. The van der Waals surface area contributed by atoms with Crippen LogP contribution in [0, 0.1) is 17.7 Å². The predicted octanol–water partition coefficient (Wildman–Crippen LogP) is 2.03. The van der Waals surface area contributed by atoms with E-state index in [9.17, 15) is 12.8 Å². The molecule has 0 saturated heterocycles.